The average Bonchev–Trinajstić information content (AvgIpc) is 2.85. The number of imide groups is 1. The Hall–Kier alpha value is -4.08. The van der Waals surface area contributed by atoms with Crippen molar-refractivity contribution in [2.24, 2.45) is 0 Å². The summed E-state index contributed by atoms with van der Waals surface area (Å²) in [6.07, 6.45) is 0. The molecule has 130 valence electrons. The Morgan fingerprint density at radius 1 is 0.962 bits per heavy atom. The van der Waals surface area contributed by atoms with Gasteiger partial charge < -0.3 is 10.2 Å². The minimum atomic E-state index is -1.46. The maximum absolute atomic E-state index is 12.6. The topological polar surface area (TPSA) is 155 Å². The van der Waals surface area contributed by atoms with E-state index in [0.717, 1.165) is 24.3 Å². The van der Waals surface area contributed by atoms with Crippen LogP contribution < -0.4 is 4.90 Å². The molecular weight excluding hydrogens is 348 g/mol. The standard InChI is InChI=1S/C16H8N2O8/c19-13-10-2-1-3-11(18(25)26)12(10)14(20)17(13)9-5-7(15(21)22)4-8(6-9)16(23)24/h1-6H,(H,21,22)(H,23,24). The lowest BCUT2D eigenvalue weighted by Gasteiger charge is -2.15. The Bertz CT molecular complexity index is 995. The number of carboxylic acid groups (broad SMARTS) is 2. The number of hydrogen-bond acceptors (Lipinski definition) is 6. The van der Waals surface area contributed by atoms with Gasteiger partial charge in [-0.15, -0.1) is 0 Å². The van der Waals surface area contributed by atoms with Crippen LogP contribution in [-0.2, 0) is 0 Å². The van der Waals surface area contributed by atoms with Crippen LogP contribution in [0.5, 0.6) is 0 Å². The largest absolute Gasteiger partial charge is 0.478 e. The number of amides is 2. The summed E-state index contributed by atoms with van der Waals surface area (Å²) >= 11 is 0. The number of rotatable bonds is 4. The van der Waals surface area contributed by atoms with E-state index < -0.39 is 51.1 Å². The maximum atomic E-state index is 12.6. The number of nitro groups is 1. The molecule has 3 rings (SSSR count). The third kappa shape index (κ3) is 2.45. The van der Waals surface area contributed by atoms with Crippen LogP contribution in [0, 0.1) is 10.1 Å². The minimum absolute atomic E-state index is 0.221. The monoisotopic (exact) mass is 356 g/mol. The molecule has 0 saturated heterocycles. The Labute approximate surface area is 144 Å². The lowest BCUT2D eigenvalue weighted by Crippen LogP contribution is -2.30. The molecule has 1 aliphatic heterocycles. The smallest absolute Gasteiger partial charge is 0.335 e. The van der Waals surface area contributed by atoms with Crippen molar-refractivity contribution in [3.63, 3.8) is 0 Å². The highest BCUT2D eigenvalue weighted by atomic mass is 16.6. The number of aromatic carboxylic acids is 2. The molecule has 0 radical (unpaired) electrons. The fourth-order valence-electron chi connectivity index (χ4n) is 2.64. The summed E-state index contributed by atoms with van der Waals surface area (Å²) in [6.45, 7) is 0. The zero-order valence-corrected chi connectivity index (χ0v) is 12.7. The lowest BCUT2D eigenvalue weighted by atomic mass is 10.1. The van der Waals surface area contributed by atoms with E-state index in [1.807, 2.05) is 0 Å². The molecule has 0 saturated carbocycles. The summed E-state index contributed by atoms with van der Waals surface area (Å²) in [5.74, 6) is -4.86. The van der Waals surface area contributed by atoms with Gasteiger partial charge in [0.05, 0.1) is 27.3 Å². The zero-order valence-electron chi connectivity index (χ0n) is 12.7. The first kappa shape index (κ1) is 16.8. The highest BCUT2D eigenvalue weighted by Gasteiger charge is 2.42. The predicted octanol–water partition coefficient (Wildman–Crippen LogP) is 1.79. The van der Waals surface area contributed by atoms with Crippen LogP contribution in [0.25, 0.3) is 0 Å². The van der Waals surface area contributed by atoms with Gasteiger partial charge in [0.25, 0.3) is 17.5 Å². The second-order valence-corrected chi connectivity index (χ2v) is 5.28. The predicted molar refractivity (Wildman–Crippen MR) is 84.6 cm³/mol. The van der Waals surface area contributed by atoms with E-state index >= 15 is 0 Å². The third-order valence-corrected chi connectivity index (χ3v) is 3.76. The minimum Gasteiger partial charge on any atom is -0.478 e. The number of hydrogen-bond donors (Lipinski definition) is 2. The number of carbonyl (C=O) groups is 4. The van der Waals surface area contributed by atoms with Gasteiger partial charge in [-0.1, -0.05) is 6.07 Å². The van der Waals surface area contributed by atoms with Gasteiger partial charge in [-0.3, -0.25) is 19.7 Å². The van der Waals surface area contributed by atoms with Gasteiger partial charge in [0, 0.05) is 6.07 Å². The quantitative estimate of drug-likeness (QED) is 0.477. The number of nitro benzene ring substituents is 1. The van der Waals surface area contributed by atoms with Crippen LogP contribution in [0.2, 0.25) is 0 Å². The van der Waals surface area contributed by atoms with E-state index in [9.17, 15) is 29.3 Å². The van der Waals surface area contributed by atoms with Crippen LogP contribution in [0.15, 0.2) is 36.4 Å². The van der Waals surface area contributed by atoms with Crippen LogP contribution in [0.4, 0.5) is 11.4 Å². The molecule has 2 N–H and O–H groups in total. The van der Waals surface area contributed by atoms with Crippen molar-refractivity contribution in [1.82, 2.24) is 0 Å². The highest BCUT2D eigenvalue weighted by molar-refractivity contribution is 6.35. The van der Waals surface area contributed by atoms with E-state index in [1.54, 1.807) is 0 Å². The van der Waals surface area contributed by atoms with Gasteiger partial charge in [0.15, 0.2) is 0 Å². The summed E-state index contributed by atoms with van der Waals surface area (Å²) < 4.78 is 0. The van der Waals surface area contributed by atoms with Crippen LogP contribution in [-0.4, -0.2) is 38.9 Å². The van der Waals surface area contributed by atoms with Crippen LogP contribution >= 0.6 is 0 Å². The molecule has 2 amide bonds. The first-order chi connectivity index (χ1) is 12.2. The SMILES string of the molecule is O=C(O)c1cc(C(=O)O)cc(N2C(=O)c3cccc([N+](=O)[O-])c3C2=O)c1. The van der Waals surface area contributed by atoms with Crippen molar-refractivity contribution in [2.45, 2.75) is 0 Å². The fourth-order valence-corrected chi connectivity index (χ4v) is 2.64. The molecule has 0 bridgehead atoms. The van der Waals surface area contributed by atoms with Crippen molar-refractivity contribution in [2.75, 3.05) is 4.90 Å². The maximum Gasteiger partial charge on any atom is 0.335 e. The second-order valence-electron chi connectivity index (χ2n) is 5.28. The van der Waals surface area contributed by atoms with Crippen LogP contribution in [0.3, 0.4) is 0 Å². The molecule has 0 atom stereocenters. The first-order valence-corrected chi connectivity index (χ1v) is 7.00. The number of benzene rings is 2. The molecule has 0 aromatic heterocycles. The van der Waals surface area contributed by atoms with Gasteiger partial charge in [-0.05, 0) is 24.3 Å². The summed E-state index contributed by atoms with van der Waals surface area (Å²) in [5, 5.41) is 29.3. The van der Waals surface area contributed by atoms with Crippen molar-refractivity contribution in [3.05, 3.63) is 68.8 Å². The van der Waals surface area contributed by atoms with E-state index in [4.69, 9.17) is 10.2 Å². The molecule has 10 nitrogen and oxygen atoms in total. The number of carbonyl (C=O) groups excluding carboxylic acids is 2. The summed E-state index contributed by atoms with van der Waals surface area (Å²) in [5.41, 5.74) is -2.43. The molecule has 2 aromatic carbocycles. The average molecular weight is 356 g/mol. The van der Waals surface area contributed by atoms with Crippen molar-refractivity contribution < 1.29 is 34.3 Å². The number of anilines is 1. The lowest BCUT2D eigenvalue weighted by molar-refractivity contribution is -0.385. The molecule has 26 heavy (non-hydrogen) atoms. The Kier molecular flexibility index (Phi) is 3.72. The normalized spacial score (nSPS) is 12.8. The summed E-state index contributed by atoms with van der Waals surface area (Å²) in [7, 11) is 0. The molecule has 10 heteroatoms. The van der Waals surface area contributed by atoms with Gasteiger partial charge in [-0.2, -0.15) is 0 Å². The van der Waals surface area contributed by atoms with E-state index in [0.29, 0.717) is 4.90 Å². The zero-order chi connectivity index (χ0) is 19.2. The molecule has 0 spiro atoms. The van der Waals surface area contributed by atoms with E-state index in [-0.39, 0.29) is 11.3 Å². The van der Waals surface area contributed by atoms with Gasteiger partial charge in [0.2, 0.25) is 0 Å². The molecule has 2 aromatic rings. The van der Waals surface area contributed by atoms with Crippen molar-refractivity contribution >= 4 is 35.1 Å². The Balaban J connectivity index is 2.20. The molecule has 0 unspecified atom stereocenters. The van der Waals surface area contributed by atoms with E-state index in [1.165, 1.54) is 12.1 Å². The molecule has 1 heterocycles. The van der Waals surface area contributed by atoms with E-state index in [2.05, 4.69) is 0 Å². The number of fused-ring (bicyclic) bond motifs is 1. The Morgan fingerprint density at radius 2 is 1.54 bits per heavy atom. The van der Waals surface area contributed by atoms with Crippen LogP contribution in [0.1, 0.15) is 41.4 Å². The Morgan fingerprint density at radius 3 is 2.04 bits per heavy atom. The van der Waals surface area contributed by atoms with Gasteiger partial charge in [-0.25, -0.2) is 14.5 Å². The van der Waals surface area contributed by atoms with Crippen molar-refractivity contribution in [3.8, 4) is 0 Å². The van der Waals surface area contributed by atoms with Gasteiger partial charge >= 0.3 is 11.9 Å². The first-order valence-electron chi connectivity index (χ1n) is 7.00. The summed E-state index contributed by atoms with van der Waals surface area (Å²) in [4.78, 5) is 58.3. The van der Waals surface area contributed by atoms with Crippen molar-refractivity contribution in [1.29, 1.82) is 0 Å². The third-order valence-electron chi connectivity index (χ3n) is 3.76. The molecule has 0 aliphatic carbocycles. The number of carboxylic acids is 2. The van der Waals surface area contributed by atoms with Gasteiger partial charge in [0.1, 0.15) is 5.56 Å². The number of nitrogens with zero attached hydrogens (tertiary/aromatic N) is 2. The summed E-state index contributed by atoms with van der Waals surface area (Å²) in [6, 6.07) is 6.28. The molecular formula is C16H8N2O8. The second kappa shape index (κ2) is 5.77. The molecule has 0 fully saturated rings. The highest BCUT2D eigenvalue weighted by Crippen LogP contribution is 2.34. The fraction of sp³-hybridized carbons (Fsp3) is 0. The molecule has 1 aliphatic rings.